The Balaban J connectivity index is 1.15. The van der Waals surface area contributed by atoms with Crippen LogP contribution >= 0.6 is 0 Å². The summed E-state index contributed by atoms with van der Waals surface area (Å²) in [5.74, 6) is 0. The van der Waals surface area contributed by atoms with Crippen LogP contribution in [0.5, 0.6) is 0 Å². The molecule has 2 aliphatic carbocycles. The van der Waals surface area contributed by atoms with Crippen molar-refractivity contribution in [3.8, 4) is 22.3 Å². The highest BCUT2D eigenvalue weighted by Crippen LogP contribution is 2.54. The van der Waals surface area contributed by atoms with Gasteiger partial charge in [-0.15, -0.1) is 0 Å². The van der Waals surface area contributed by atoms with E-state index < -0.39 is 0 Å². The topological polar surface area (TPSA) is 3.24 Å². The van der Waals surface area contributed by atoms with Gasteiger partial charge in [-0.05, 0) is 125 Å². The summed E-state index contributed by atoms with van der Waals surface area (Å²) in [6, 6.07) is 56.7. The fourth-order valence-electron chi connectivity index (χ4n) is 9.03. The molecule has 0 radical (unpaired) electrons. The molecule has 0 saturated carbocycles. The van der Waals surface area contributed by atoms with Crippen LogP contribution in [0.3, 0.4) is 0 Å². The third-order valence-electron chi connectivity index (χ3n) is 11.6. The van der Waals surface area contributed by atoms with Crippen LogP contribution in [0.2, 0.25) is 0 Å². The molecule has 1 nitrogen and oxygen atoms in total. The lowest BCUT2D eigenvalue weighted by atomic mass is 9.81. The highest BCUT2D eigenvalue weighted by molar-refractivity contribution is 6.06. The summed E-state index contributed by atoms with van der Waals surface area (Å²) in [7, 11) is 0. The summed E-state index contributed by atoms with van der Waals surface area (Å²) in [5.41, 5.74) is 14.4. The number of fused-ring (bicyclic) bond motifs is 11. The van der Waals surface area contributed by atoms with Gasteiger partial charge in [-0.1, -0.05) is 131 Å². The van der Waals surface area contributed by atoms with Crippen LogP contribution in [0.4, 0.5) is 17.1 Å². The fraction of sp³-hybridized carbons (Fsp3) is 0.125. The second kappa shape index (κ2) is 9.94. The minimum atomic E-state index is -0.109. The van der Waals surface area contributed by atoms with Crippen LogP contribution < -0.4 is 4.90 Å². The molecule has 0 aliphatic heterocycles. The van der Waals surface area contributed by atoms with Crippen molar-refractivity contribution >= 4 is 49.4 Å². The first-order valence-electron chi connectivity index (χ1n) is 17.4. The molecule has 49 heavy (non-hydrogen) atoms. The lowest BCUT2D eigenvalue weighted by Crippen LogP contribution is -2.16. The average molecular weight is 628 g/mol. The molecule has 0 fully saturated rings. The molecule has 8 aromatic carbocycles. The molecular weight excluding hydrogens is 591 g/mol. The van der Waals surface area contributed by atoms with Gasteiger partial charge < -0.3 is 4.90 Å². The Morgan fingerprint density at radius 1 is 0.347 bits per heavy atom. The second-order valence-corrected chi connectivity index (χ2v) is 15.0. The summed E-state index contributed by atoms with van der Waals surface area (Å²) in [6.07, 6.45) is 0. The zero-order chi connectivity index (χ0) is 33.1. The number of benzene rings is 8. The molecule has 234 valence electrons. The van der Waals surface area contributed by atoms with E-state index in [1.54, 1.807) is 0 Å². The maximum atomic E-state index is 2.46. The quantitative estimate of drug-likeness (QED) is 0.188. The highest BCUT2D eigenvalue weighted by Gasteiger charge is 2.38. The fourth-order valence-corrected chi connectivity index (χ4v) is 9.03. The molecule has 2 aliphatic rings. The molecule has 1 heteroatoms. The van der Waals surface area contributed by atoms with Gasteiger partial charge in [0.05, 0.1) is 0 Å². The molecule has 0 saturated heterocycles. The first-order valence-corrected chi connectivity index (χ1v) is 17.4. The van der Waals surface area contributed by atoms with E-state index in [0.717, 1.165) is 11.4 Å². The molecule has 0 unspecified atom stereocenters. The number of hydrogen-bond acceptors (Lipinski definition) is 1. The van der Waals surface area contributed by atoms with E-state index in [-0.39, 0.29) is 10.8 Å². The standard InChI is InChI=1S/C48H37N/c1-47(2)42-25-20-31-13-9-11-17-38(31)46(42)40-27-32-18-21-35(26-33(32)28-43(40)47)49(34-14-6-5-7-15-34)36-22-23-39-44(29-36)48(3,4)41-24-19-30-12-8-10-16-37(30)45(39)41/h5-29H,1-4H3. The monoisotopic (exact) mass is 627 g/mol. The molecular formula is C48H37N. The van der Waals surface area contributed by atoms with Crippen LogP contribution in [-0.2, 0) is 10.8 Å². The van der Waals surface area contributed by atoms with Crippen molar-refractivity contribution in [1.29, 1.82) is 0 Å². The molecule has 8 aromatic rings. The van der Waals surface area contributed by atoms with Gasteiger partial charge in [0.1, 0.15) is 0 Å². The Hall–Kier alpha value is -5.66. The predicted molar refractivity (Wildman–Crippen MR) is 209 cm³/mol. The number of nitrogens with zero attached hydrogens (tertiary/aromatic N) is 1. The summed E-state index contributed by atoms with van der Waals surface area (Å²) in [4.78, 5) is 2.43. The molecule has 0 spiro atoms. The summed E-state index contributed by atoms with van der Waals surface area (Å²) >= 11 is 0. The Morgan fingerprint density at radius 2 is 0.878 bits per heavy atom. The minimum Gasteiger partial charge on any atom is -0.310 e. The summed E-state index contributed by atoms with van der Waals surface area (Å²) in [5, 5.41) is 7.80. The van der Waals surface area contributed by atoms with Gasteiger partial charge in [0.2, 0.25) is 0 Å². The van der Waals surface area contributed by atoms with Crippen molar-refractivity contribution in [3.63, 3.8) is 0 Å². The largest absolute Gasteiger partial charge is 0.310 e. The molecule has 0 heterocycles. The number of hydrogen-bond donors (Lipinski definition) is 0. The van der Waals surface area contributed by atoms with Crippen molar-refractivity contribution < 1.29 is 0 Å². The van der Waals surface area contributed by atoms with E-state index in [1.807, 2.05) is 0 Å². The van der Waals surface area contributed by atoms with Gasteiger partial charge in [0.25, 0.3) is 0 Å². The Kier molecular flexibility index (Phi) is 5.75. The molecule has 0 aromatic heterocycles. The smallest absolute Gasteiger partial charge is 0.0468 e. The van der Waals surface area contributed by atoms with Gasteiger partial charge in [-0.25, -0.2) is 0 Å². The molecule has 0 amide bonds. The van der Waals surface area contributed by atoms with E-state index >= 15 is 0 Å². The van der Waals surface area contributed by atoms with Gasteiger partial charge in [0.15, 0.2) is 0 Å². The number of anilines is 3. The minimum absolute atomic E-state index is 0.0806. The molecule has 10 rings (SSSR count). The maximum absolute atomic E-state index is 2.46. The van der Waals surface area contributed by atoms with E-state index in [9.17, 15) is 0 Å². The zero-order valence-corrected chi connectivity index (χ0v) is 28.4. The highest BCUT2D eigenvalue weighted by atomic mass is 15.1. The normalized spacial score (nSPS) is 14.9. The summed E-state index contributed by atoms with van der Waals surface area (Å²) < 4.78 is 0. The van der Waals surface area contributed by atoms with Gasteiger partial charge >= 0.3 is 0 Å². The summed E-state index contributed by atoms with van der Waals surface area (Å²) in [6.45, 7) is 9.52. The third-order valence-corrected chi connectivity index (χ3v) is 11.6. The van der Waals surface area contributed by atoms with Crippen molar-refractivity contribution in [3.05, 3.63) is 174 Å². The Labute approximate surface area is 288 Å². The second-order valence-electron chi connectivity index (χ2n) is 15.0. The van der Waals surface area contributed by atoms with E-state index in [4.69, 9.17) is 0 Å². The third kappa shape index (κ3) is 3.93. The van der Waals surface area contributed by atoms with Crippen molar-refractivity contribution in [2.45, 2.75) is 38.5 Å². The van der Waals surface area contributed by atoms with Crippen LogP contribution in [0.15, 0.2) is 152 Å². The van der Waals surface area contributed by atoms with Crippen LogP contribution in [0.25, 0.3) is 54.6 Å². The Bertz CT molecular complexity index is 2660. The SMILES string of the molecule is CC1(C)c2cc(N(c3ccccc3)c3ccc4cc5c(cc4c3)C(C)(C)c3ccc4ccccc4c3-5)ccc2-c2c1ccc1ccccc21. The van der Waals surface area contributed by atoms with E-state index in [0.29, 0.717) is 0 Å². The lowest BCUT2D eigenvalue weighted by Gasteiger charge is -2.28. The molecule has 0 N–H and O–H groups in total. The number of rotatable bonds is 3. The van der Waals surface area contributed by atoms with E-state index in [1.165, 1.54) is 82.5 Å². The van der Waals surface area contributed by atoms with Crippen molar-refractivity contribution in [2.24, 2.45) is 0 Å². The first-order chi connectivity index (χ1) is 23.8. The van der Waals surface area contributed by atoms with Crippen molar-refractivity contribution in [2.75, 3.05) is 4.90 Å². The lowest BCUT2D eigenvalue weighted by molar-refractivity contribution is 0.661. The zero-order valence-electron chi connectivity index (χ0n) is 28.4. The van der Waals surface area contributed by atoms with Gasteiger partial charge in [-0.2, -0.15) is 0 Å². The van der Waals surface area contributed by atoms with E-state index in [2.05, 4.69) is 184 Å². The predicted octanol–water partition coefficient (Wildman–Crippen LogP) is 13.2. The molecule has 0 bridgehead atoms. The van der Waals surface area contributed by atoms with Gasteiger partial charge in [0, 0.05) is 27.9 Å². The average Bonchev–Trinajstić information content (AvgIpc) is 3.50. The van der Waals surface area contributed by atoms with Crippen LogP contribution in [-0.4, -0.2) is 0 Å². The first kappa shape index (κ1) is 28.4. The van der Waals surface area contributed by atoms with Crippen LogP contribution in [0.1, 0.15) is 49.9 Å². The van der Waals surface area contributed by atoms with Crippen LogP contribution in [0, 0.1) is 0 Å². The van der Waals surface area contributed by atoms with Gasteiger partial charge in [-0.3, -0.25) is 0 Å². The molecule has 0 atom stereocenters. The number of para-hydroxylation sites is 1. The maximum Gasteiger partial charge on any atom is 0.0468 e. The Morgan fingerprint density at radius 3 is 1.55 bits per heavy atom. The van der Waals surface area contributed by atoms with Crippen molar-refractivity contribution in [1.82, 2.24) is 0 Å².